The number of alkyl halides is 1. The number of nitrogens with one attached hydrogen (secondary N) is 2. The van der Waals surface area contributed by atoms with Gasteiger partial charge in [-0.3, -0.25) is 4.79 Å². The van der Waals surface area contributed by atoms with Crippen LogP contribution in [0.1, 0.15) is 89.9 Å². The molecule has 0 spiro atoms. The smallest absolute Gasteiger partial charge is 0.410 e. The van der Waals surface area contributed by atoms with Crippen LogP contribution in [0.25, 0.3) is 5.82 Å². The standard InChI is InChI=1S/C35H47ClFN7O6S/c1-34(2,3)50-33(46)43-22-24(20-35(43,4)5)19-25(37)21-38-27-11-8-12-30(39-27)51(47,48)42-32(45)26-13-14-28(40-31(26)36)44-17-15-29(41-44)49-18-16-23-9-6-7-10-23/h8,11-15,17,23-25H,6-7,9-10,16,18-22H2,1-5H3,(H,38,39)(H,42,45). The zero-order chi connectivity index (χ0) is 37.0. The van der Waals surface area contributed by atoms with Gasteiger partial charge in [0.2, 0.25) is 5.88 Å². The second kappa shape index (κ2) is 15.7. The molecule has 2 unspecified atom stereocenters. The number of nitrogens with zero attached hydrogens (tertiary/aromatic N) is 5. The van der Waals surface area contributed by atoms with Gasteiger partial charge in [-0.05, 0) is 90.0 Å². The SMILES string of the molecule is CC(C)(C)OC(=O)N1CC(CC(F)CNc2cccc(S(=O)(=O)NC(=O)c3ccc(-n4ccc(OCCC5CCCC5)n4)nc3Cl)n2)CC1(C)C. The second-order valence-electron chi connectivity index (χ2n) is 14.9. The Kier molecular flexibility index (Phi) is 11.8. The van der Waals surface area contributed by atoms with E-state index in [4.69, 9.17) is 21.1 Å². The van der Waals surface area contributed by atoms with Gasteiger partial charge in [-0.15, -0.1) is 5.10 Å². The highest BCUT2D eigenvalue weighted by Gasteiger charge is 2.43. The molecular weight excluding hydrogens is 701 g/mol. The average Bonchev–Trinajstić information content (AvgIpc) is 3.80. The molecule has 51 heavy (non-hydrogen) atoms. The van der Waals surface area contributed by atoms with Crippen molar-refractivity contribution in [1.82, 2.24) is 29.4 Å². The zero-order valence-electron chi connectivity index (χ0n) is 29.7. The summed E-state index contributed by atoms with van der Waals surface area (Å²) in [5.74, 6) is 0.475. The molecule has 0 aromatic carbocycles. The molecule has 3 aromatic heterocycles. The van der Waals surface area contributed by atoms with Gasteiger partial charge < -0.3 is 19.7 Å². The lowest BCUT2D eigenvalue weighted by atomic mass is 9.93. The maximum absolute atomic E-state index is 15.1. The molecule has 0 bridgehead atoms. The minimum atomic E-state index is -4.43. The maximum atomic E-state index is 15.1. The second-order valence-corrected chi connectivity index (χ2v) is 16.9. The summed E-state index contributed by atoms with van der Waals surface area (Å²) in [4.78, 5) is 35.7. The van der Waals surface area contributed by atoms with Crippen LogP contribution in [-0.2, 0) is 14.8 Å². The van der Waals surface area contributed by atoms with E-state index in [2.05, 4.69) is 20.4 Å². The number of halogens is 2. The van der Waals surface area contributed by atoms with Gasteiger partial charge in [0.15, 0.2) is 10.8 Å². The predicted molar refractivity (Wildman–Crippen MR) is 190 cm³/mol. The summed E-state index contributed by atoms with van der Waals surface area (Å²) >= 11 is 6.31. The number of carbonyl (C=O) groups is 2. The molecule has 278 valence electrons. The molecule has 1 aliphatic heterocycles. The Bertz CT molecular complexity index is 1810. The number of rotatable bonds is 13. The van der Waals surface area contributed by atoms with Crippen LogP contribution in [0.2, 0.25) is 5.15 Å². The van der Waals surface area contributed by atoms with Gasteiger partial charge in [0, 0.05) is 30.9 Å². The fourth-order valence-electron chi connectivity index (χ4n) is 6.60. The first kappa shape index (κ1) is 38.3. The van der Waals surface area contributed by atoms with Gasteiger partial charge >= 0.3 is 6.09 Å². The number of sulfonamides is 1. The van der Waals surface area contributed by atoms with Crippen LogP contribution in [-0.4, -0.2) is 82.1 Å². The molecule has 1 saturated heterocycles. The molecule has 0 radical (unpaired) electrons. The largest absolute Gasteiger partial charge is 0.477 e. The summed E-state index contributed by atoms with van der Waals surface area (Å²) in [6, 6.07) is 8.69. The highest BCUT2D eigenvalue weighted by molar-refractivity contribution is 7.90. The Labute approximate surface area is 303 Å². The molecule has 1 aliphatic carbocycles. The highest BCUT2D eigenvalue weighted by atomic mass is 35.5. The lowest BCUT2D eigenvalue weighted by Crippen LogP contribution is -2.45. The molecule has 16 heteroatoms. The van der Waals surface area contributed by atoms with Crippen LogP contribution in [0.4, 0.5) is 15.0 Å². The maximum Gasteiger partial charge on any atom is 0.410 e. The number of ether oxygens (including phenoxy) is 2. The van der Waals surface area contributed by atoms with Gasteiger partial charge in [-0.25, -0.2) is 28.6 Å². The monoisotopic (exact) mass is 747 g/mol. The van der Waals surface area contributed by atoms with E-state index in [9.17, 15) is 18.0 Å². The average molecular weight is 748 g/mol. The topological polar surface area (TPSA) is 158 Å². The minimum absolute atomic E-state index is 0.0865. The van der Waals surface area contributed by atoms with Crippen molar-refractivity contribution in [3.63, 3.8) is 0 Å². The highest BCUT2D eigenvalue weighted by Crippen LogP contribution is 2.36. The van der Waals surface area contributed by atoms with Crippen molar-refractivity contribution in [2.45, 2.75) is 102 Å². The van der Waals surface area contributed by atoms with E-state index in [1.807, 2.05) is 18.6 Å². The Balaban J connectivity index is 1.13. The van der Waals surface area contributed by atoms with Crippen molar-refractivity contribution in [2.24, 2.45) is 11.8 Å². The van der Waals surface area contributed by atoms with Crippen LogP contribution in [0, 0.1) is 11.8 Å². The number of hydrogen-bond donors (Lipinski definition) is 2. The number of amides is 2. The minimum Gasteiger partial charge on any atom is -0.477 e. The van der Waals surface area contributed by atoms with E-state index in [1.165, 1.54) is 60.7 Å². The molecule has 2 amide bonds. The lowest BCUT2D eigenvalue weighted by Gasteiger charge is -2.33. The lowest BCUT2D eigenvalue weighted by molar-refractivity contribution is 0.0130. The van der Waals surface area contributed by atoms with E-state index in [0.29, 0.717) is 37.2 Å². The van der Waals surface area contributed by atoms with Crippen LogP contribution in [0.3, 0.4) is 0 Å². The van der Waals surface area contributed by atoms with Crippen LogP contribution in [0.15, 0.2) is 47.6 Å². The van der Waals surface area contributed by atoms with Crippen LogP contribution < -0.4 is 14.8 Å². The van der Waals surface area contributed by atoms with Gasteiger partial charge in [-0.1, -0.05) is 43.4 Å². The summed E-state index contributed by atoms with van der Waals surface area (Å²) in [6.45, 7) is 10.1. The molecule has 3 aromatic rings. The quantitative estimate of drug-likeness (QED) is 0.183. The third kappa shape index (κ3) is 10.3. The third-order valence-corrected chi connectivity index (χ3v) is 10.5. The summed E-state index contributed by atoms with van der Waals surface area (Å²) in [7, 11) is -4.43. The summed E-state index contributed by atoms with van der Waals surface area (Å²) < 4.78 is 56.1. The van der Waals surface area contributed by atoms with E-state index in [-0.39, 0.29) is 35.4 Å². The Morgan fingerprint density at radius 1 is 1.10 bits per heavy atom. The van der Waals surface area contributed by atoms with Crippen molar-refractivity contribution in [3.8, 4) is 11.7 Å². The number of likely N-dealkylation sites (tertiary alicyclic amines) is 1. The molecule has 13 nitrogen and oxygen atoms in total. The van der Waals surface area contributed by atoms with Gasteiger partial charge in [0.05, 0.1) is 12.2 Å². The molecular formula is C35H47ClFN7O6S. The first-order valence-corrected chi connectivity index (χ1v) is 19.1. The summed E-state index contributed by atoms with van der Waals surface area (Å²) in [6.07, 6.45) is 6.74. The van der Waals surface area contributed by atoms with Crippen LogP contribution in [0.5, 0.6) is 5.88 Å². The van der Waals surface area contributed by atoms with E-state index in [1.54, 1.807) is 37.9 Å². The summed E-state index contributed by atoms with van der Waals surface area (Å²) in [5.41, 5.74) is -1.29. The number of carbonyl (C=O) groups excluding carboxylic acids is 2. The fraction of sp³-hybridized carbons (Fsp3) is 0.571. The predicted octanol–water partition coefficient (Wildman–Crippen LogP) is 6.57. The summed E-state index contributed by atoms with van der Waals surface area (Å²) in [5, 5.41) is 6.54. The molecule has 1 saturated carbocycles. The van der Waals surface area contributed by atoms with Crippen molar-refractivity contribution >= 4 is 39.4 Å². The van der Waals surface area contributed by atoms with Crippen molar-refractivity contribution in [1.29, 1.82) is 0 Å². The zero-order valence-corrected chi connectivity index (χ0v) is 31.3. The molecule has 2 fully saturated rings. The van der Waals surface area contributed by atoms with Gasteiger partial charge in [0.1, 0.15) is 22.7 Å². The first-order valence-electron chi connectivity index (χ1n) is 17.3. The van der Waals surface area contributed by atoms with Crippen LogP contribution >= 0.6 is 11.6 Å². The van der Waals surface area contributed by atoms with E-state index >= 15 is 4.39 Å². The van der Waals surface area contributed by atoms with E-state index in [0.717, 1.165) is 6.42 Å². The number of pyridine rings is 2. The Morgan fingerprint density at radius 2 is 1.84 bits per heavy atom. The molecule has 5 rings (SSSR count). The molecule has 2 atom stereocenters. The van der Waals surface area contributed by atoms with Crippen molar-refractivity contribution in [3.05, 3.63) is 53.3 Å². The molecule has 4 heterocycles. The molecule has 2 N–H and O–H groups in total. The third-order valence-electron chi connectivity index (χ3n) is 9.02. The van der Waals surface area contributed by atoms with E-state index < -0.39 is 44.4 Å². The Morgan fingerprint density at radius 3 is 2.55 bits per heavy atom. The number of aromatic nitrogens is 4. The van der Waals surface area contributed by atoms with Gasteiger partial charge in [-0.2, -0.15) is 8.42 Å². The normalized spacial score (nSPS) is 18.4. The first-order chi connectivity index (χ1) is 24.0. The van der Waals surface area contributed by atoms with Crippen molar-refractivity contribution in [2.75, 3.05) is 25.0 Å². The Hall–Kier alpha value is -3.98. The fourth-order valence-corrected chi connectivity index (χ4v) is 7.77. The number of hydrogen-bond acceptors (Lipinski definition) is 10. The molecule has 2 aliphatic rings. The van der Waals surface area contributed by atoms with Crippen molar-refractivity contribution < 1.29 is 31.9 Å². The van der Waals surface area contributed by atoms with Gasteiger partial charge in [0.25, 0.3) is 15.9 Å². The number of anilines is 1.